The molecular formula is C121H78N12. The Hall–Kier alpha value is -18.1. The van der Waals surface area contributed by atoms with Gasteiger partial charge in [-0.05, 0) is 216 Å². The fourth-order valence-corrected chi connectivity index (χ4v) is 18.0. The summed E-state index contributed by atoms with van der Waals surface area (Å²) >= 11 is 0. The van der Waals surface area contributed by atoms with Crippen LogP contribution in [0.4, 0.5) is 0 Å². The molecule has 0 fully saturated rings. The maximum atomic E-state index is 5.18. The molecule has 11 aromatic heterocycles. The van der Waals surface area contributed by atoms with Crippen LogP contribution in [0.2, 0.25) is 0 Å². The third-order valence-electron chi connectivity index (χ3n) is 24.5. The molecule has 0 saturated carbocycles. The maximum Gasteiger partial charge on any atom is 0.145 e. The van der Waals surface area contributed by atoms with Crippen LogP contribution in [0.1, 0.15) is 0 Å². The largest absolute Gasteiger partial charge is 0.292 e. The zero-order valence-electron chi connectivity index (χ0n) is 71.9. The molecule has 0 atom stereocenters. The van der Waals surface area contributed by atoms with Crippen molar-refractivity contribution in [1.82, 2.24) is 59.4 Å². The highest BCUT2D eigenvalue weighted by Crippen LogP contribution is 2.46. The molecule has 0 bridgehead atoms. The molecule has 0 saturated heterocycles. The fourth-order valence-electron chi connectivity index (χ4n) is 18.0. The molecule has 0 spiro atoms. The van der Waals surface area contributed by atoms with E-state index in [1.54, 1.807) is 24.8 Å². The van der Waals surface area contributed by atoms with Crippen LogP contribution in [0, 0.1) is 0 Å². The molecule has 12 nitrogen and oxygen atoms in total. The topological polar surface area (TPSA) is 147 Å². The lowest BCUT2D eigenvalue weighted by Crippen LogP contribution is -1.97. The summed E-state index contributed by atoms with van der Waals surface area (Å²) < 4.78 is 2.27. The van der Waals surface area contributed by atoms with E-state index in [-0.39, 0.29) is 0 Å². The molecule has 25 aromatic rings. The lowest BCUT2D eigenvalue weighted by molar-refractivity contribution is 1.10. The zero-order chi connectivity index (χ0) is 88.3. The highest BCUT2D eigenvalue weighted by Gasteiger charge is 2.22. The highest BCUT2D eigenvalue weighted by atomic mass is 15.1. The van der Waals surface area contributed by atoms with Crippen molar-refractivity contribution in [1.29, 1.82) is 0 Å². The molecule has 0 radical (unpaired) electrons. The van der Waals surface area contributed by atoms with E-state index in [4.69, 9.17) is 34.9 Å². The smallest absolute Gasteiger partial charge is 0.145 e. The third-order valence-corrected chi connectivity index (χ3v) is 24.5. The molecule has 0 aliphatic heterocycles. The average Bonchev–Trinajstić information content (AvgIpc) is 0.964. The second kappa shape index (κ2) is 35.2. The summed E-state index contributed by atoms with van der Waals surface area (Å²) in [4.78, 5) is 53.6. The summed E-state index contributed by atoms with van der Waals surface area (Å²) in [5.74, 6) is 0.945. The van der Waals surface area contributed by atoms with Gasteiger partial charge in [0.05, 0.1) is 101 Å². The minimum Gasteiger partial charge on any atom is -0.292 e. The van der Waals surface area contributed by atoms with Crippen LogP contribution < -0.4 is 0 Å². The van der Waals surface area contributed by atoms with E-state index in [1.165, 1.54) is 54.6 Å². The Balaban J connectivity index is 0.000000113. The van der Waals surface area contributed by atoms with E-state index < -0.39 is 0 Å². The zero-order valence-corrected chi connectivity index (χ0v) is 71.9. The van der Waals surface area contributed by atoms with E-state index in [1.807, 2.05) is 115 Å². The van der Waals surface area contributed by atoms with Crippen molar-refractivity contribution in [3.8, 4) is 152 Å². The quantitative estimate of drug-likeness (QED) is 0.0757. The van der Waals surface area contributed by atoms with Crippen molar-refractivity contribution in [2.75, 3.05) is 0 Å². The Labute approximate surface area is 767 Å². The van der Waals surface area contributed by atoms with Crippen LogP contribution in [0.3, 0.4) is 0 Å². The average molecular weight is 1700 g/mol. The van der Waals surface area contributed by atoms with Gasteiger partial charge in [0.25, 0.3) is 0 Å². The summed E-state index contributed by atoms with van der Waals surface area (Å²) in [5.41, 5.74) is 31.3. The first-order chi connectivity index (χ1) is 65.9. The van der Waals surface area contributed by atoms with Crippen LogP contribution in [-0.4, -0.2) is 59.4 Å². The number of para-hydroxylation sites is 2. The van der Waals surface area contributed by atoms with Crippen molar-refractivity contribution >= 4 is 87.0 Å². The fraction of sp³-hybridized carbons (Fsp3) is 0. The molecule has 0 unspecified atom stereocenters. The molecule has 12 heteroatoms. The lowest BCUT2D eigenvalue weighted by atomic mass is 9.85. The number of benzene rings is 14. The van der Waals surface area contributed by atoms with Gasteiger partial charge >= 0.3 is 0 Å². The first-order valence-electron chi connectivity index (χ1n) is 44.4. The van der Waals surface area contributed by atoms with E-state index >= 15 is 0 Å². The normalized spacial score (nSPS) is 11.3. The Morgan fingerprint density at radius 1 is 0.158 bits per heavy atom. The first kappa shape index (κ1) is 79.5. The van der Waals surface area contributed by atoms with Gasteiger partial charge in [-0.25, -0.2) is 34.9 Å². The number of imidazole rings is 1. The number of hydrogen-bond acceptors (Lipinski definition) is 11. The van der Waals surface area contributed by atoms with Gasteiger partial charge in [-0.3, -0.25) is 24.5 Å². The standard InChI is InChI=1S/C43H28N2.C42H26N4.C36H24N6/c1-2-13-31(14-3-1)43-44-39-20-10-11-21-40(39)45(43)34-26-24-30(25-27-34)41-35-16-6-8-18-37(35)42(38-19-9-7-17-36(38)41)33-23-22-29-12-4-5-15-32(29)28-33;1-3-8-27(9-4-1)35-22-18-29-14-16-31-20-24-37(45-41(31)39(29)43-35)33-12-7-13-34(26-33)38-25-21-32-17-15-30-19-23-36(28-10-5-2-6-11-28)44-40(30)42(32)46-38;1-5-16-37-29(12-1)33-21-27(22-34(41-33)30-13-2-6-17-38-30)25-10-9-11-26(20-25)28-23-35(31-14-3-7-18-39-31)42-36(24-28)32-15-4-8-19-40-32/h1-28H;1-26H;1-24H. The van der Waals surface area contributed by atoms with Crippen LogP contribution in [-0.2, 0) is 0 Å². The SMILES string of the molecule is c1ccc(-c2cc(-c3cccc(-c4cc(-c5ccccn5)nc(-c5ccccn5)c4)c3)cc(-c3ccccn3)n2)nc1.c1ccc(-c2ccc3ccc4ccc(-c5cccc(-c6ccc7ccc8ccc(-c9ccccc9)nc8c7n6)c5)nc4c3n2)cc1.c1ccc(-c2nc3ccccc3n2-c2ccc(-c3c4ccccc4c(-c4ccc5ccccc5c4)c4ccccc34)cc2)cc1. The summed E-state index contributed by atoms with van der Waals surface area (Å²) in [6.45, 7) is 0. The molecule has 133 heavy (non-hydrogen) atoms. The van der Waals surface area contributed by atoms with E-state index in [2.05, 4.69) is 358 Å². The number of pyridine rings is 10. The summed E-state index contributed by atoms with van der Waals surface area (Å²) in [6.07, 6.45) is 7.14. The van der Waals surface area contributed by atoms with Crippen LogP contribution in [0.15, 0.2) is 474 Å². The van der Waals surface area contributed by atoms with Gasteiger partial charge in [-0.1, -0.05) is 309 Å². The third kappa shape index (κ3) is 16.0. The van der Waals surface area contributed by atoms with Crippen LogP contribution in [0.5, 0.6) is 0 Å². The highest BCUT2D eigenvalue weighted by molar-refractivity contribution is 6.22. The first-order valence-corrected chi connectivity index (χ1v) is 44.4. The molecule has 622 valence electrons. The number of nitrogens with zero attached hydrogens (tertiary/aromatic N) is 12. The molecule has 14 aromatic carbocycles. The second-order valence-corrected chi connectivity index (χ2v) is 32.8. The van der Waals surface area contributed by atoms with Gasteiger partial charge in [0.15, 0.2) is 0 Å². The molecular weight excluding hydrogens is 1620 g/mol. The van der Waals surface area contributed by atoms with Crippen LogP contribution in [0.25, 0.3) is 239 Å². The van der Waals surface area contributed by atoms with Crippen molar-refractivity contribution in [3.63, 3.8) is 0 Å². The Morgan fingerprint density at radius 3 is 0.902 bits per heavy atom. The molecule has 0 amide bonds. The van der Waals surface area contributed by atoms with Gasteiger partial charge < -0.3 is 0 Å². The number of rotatable bonds is 14. The van der Waals surface area contributed by atoms with Gasteiger partial charge in [-0.15, -0.1) is 0 Å². The maximum absolute atomic E-state index is 5.18. The summed E-state index contributed by atoms with van der Waals surface area (Å²) in [6, 6.07) is 156. The summed E-state index contributed by atoms with van der Waals surface area (Å²) in [7, 11) is 0. The van der Waals surface area contributed by atoms with Crippen molar-refractivity contribution in [2.24, 2.45) is 0 Å². The minimum atomic E-state index is 0.790. The number of hydrogen-bond donors (Lipinski definition) is 0. The van der Waals surface area contributed by atoms with Gasteiger partial charge in [0, 0.05) is 79.8 Å². The monoisotopic (exact) mass is 1700 g/mol. The Bertz CT molecular complexity index is 8180. The van der Waals surface area contributed by atoms with E-state index in [9.17, 15) is 0 Å². The van der Waals surface area contributed by atoms with E-state index in [0.29, 0.717) is 0 Å². The second-order valence-electron chi connectivity index (χ2n) is 32.8. The van der Waals surface area contributed by atoms with Gasteiger partial charge in [0.2, 0.25) is 0 Å². The molecule has 25 rings (SSSR count). The minimum absolute atomic E-state index is 0.790. The summed E-state index contributed by atoms with van der Waals surface area (Å²) in [5, 5.41) is 11.8. The van der Waals surface area contributed by atoms with Crippen molar-refractivity contribution < 1.29 is 0 Å². The van der Waals surface area contributed by atoms with Crippen molar-refractivity contribution in [2.45, 2.75) is 0 Å². The Kier molecular flexibility index (Phi) is 21.1. The number of aromatic nitrogens is 12. The number of fused-ring (bicyclic) bond motifs is 10. The lowest BCUT2D eigenvalue weighted by Gasteiger charge is -2.18. The Morgan fingerprint density at radius 2 is 0.481 bits per heavy atom. The molecule has 0 N–H and O–H groups in total. The van der Waals surface area contributed by atoms with Gasteiger partial charge in [-0.2, -0.15) is 0 Å². The molecule has 0 aliphatic carbocycles. The molecule has 11 heterocycles. The van der Waals surface area contributed by atoms with Crippen LogP contribution >= 0.6 is 0 Å². The predicted molar refractivity (Wildman–Crippen MR) is 545 cm³/mol. The van der Waals surface area contributed by atoms with E-state index in [0.717, 1.165) is 185 Å². The van der Waals surface area contributed by atoms with Gasteiger partial charge in [0.1, 0.15) is 5.82 Å². The predicted octanol–water partition coefficient (Wildman–Crippen LogP) is 30.1. The molecule has 0 aliphatic rings. The van der Waals surface area contributed by atoms with Crippen molar-refractivity contribution in [3.05, 3.63) is 474 Å².